The molecule has 114 valence electrons. The van der Waals surface area contributed by atoms with Crippen molar-refractivity contribution in [2.24, 2.45) is 5.92 Å². The van der Waals surface area contributed by atoms with Crippen LogP contribution in [0, 0.1) is 5.92 Å². The van der Waals surface area contributed by atoms with E-state index in [2.05, 4.69) is 21.2 Å². The van der Waals surface area contributed by atoms with Gasteiger partial charge in [-0.05, 0) is 35.6 Å². The van der Waals surface area contributed by atoms with Gasteiger partial charge in [-0.3, -0.25) is 0 Å². The van der Waals surface area contributed by atoms with Gasteiger partial charge in [0.05, 0.1) is 11.6 Å². The number of halogens is 4. The number of thiophene rings is 1. The summed E-state index contributed by atoms with van der Waals surface area (Å²) in [6.45, 7) is 3.98. The Kier molecular flexibility index (Phi) is 4.99. The zero-order chi connectivity index (χ0) is 15.6. The average molecular weight is 378 g/mol. The predicted molar refractivity (Wildman–Crippen MR) is 84.7 cm³/mol. The molecule has 1 unspecified atom stereocenters. The minimum atomic E-state index is -4.39. The minimum absolute atomic E-state index is 0.109. The monoisotopic (exact) mass is 377 g/mol. The van der Waals surface area contributed by atoms with Crippen molar-refractivity contribution in [3.8, 4) is 0 Å². The van der Waals surface area contributed by atoms with Crippen molar-refractivity contribution < 1.29 is 13.2 Å². The summed E-state index contributed by atoms with van der Waals surface area (Å²) >= 11 is 4.64. The molecule has 2 rings (SSSR count). The van der Waals surface area contributed by atoms with E-state index in [-0.39, 0.29) is 17.6 Å². The molecule has 0 spiro atoms. The third-order valence-corrected chi connectivity index (χ3v) is 4.56. The number of rotatable bonds is 4. The topological polar surface area (TPSA) is 12.0 Å². The molecule has 21 heavy (non-hydrogen) atoms. The number of benzene rings is 1. The number of hydrogen-bond donors (Lipinski definition) is 1. The minimum Gasteiger partial charge on any atom is -0.377 e. The average Bonchev–Trinajstić information content (AvgIpc) is 2.89. The fourth-order valence-electron chi connectivity index (χ4n) is 2.08. The van der Waals surface area contributed by atoms with Crippen LogP contribution in [0.4, 0.5) is 18.9 Å². The van der Waals surface area contributed by atoms with Crippen molar-refractivity contribution in [2.75, 3.05) is 5.32 Å². The summed E-state index contributed by atoms with van der Waals surface area (Å²) in [5.74, 6) is 0.174. The fraction of sp³-hybridized carbons (Fsp3) is 0.333. The molecule has 1 aromatic heterocycles. The fourth-order valence-corrected chi connectivity index (χ4v) is 3.39. The highest BCUT2D eigenvalue weighted by molar-refractivity contribution is 9.10. The van der Waals surface area contributed by atoms with E-state index in [1.54, 1.807) is 17.4 Å². The summed E-state index contributed by atoms with van der Waals surface area (Å²) < 4.78 is 39.9. The third-order valence-electron chi connectivity index (χ3n) is 3.11. The van der Waals surface area contributed by atoms with Gasteiger partial charge in [0.15, 0.2) is 0 Å². The largest absolute Gasteiger partial charge is 0.418 e. The van der Waals surface area contributed by atoms with Crippen LogP contribution < -0.4 is 5.32 Å². The molecular formula is C15H15BrF3NS. The summed E-state index contributed by atoms with van der Waals surface area (Å²) in [7, 11) is 0. The number of alkyl halides is 3. The molecule has 0 radical (unpaired) electrons. The van der Waals surface area contributed by atoms with E-state index in [1.165, 1.54) is 6.07 Å². The first-order valence-electron chi connectivity index (χ1n) is 6.45. The molecule has 0 saturated carbocycles. The van der Waals surface area contributed by atoms with Crippen LogP contribution in [0.2, 0.25) is 0 Å². The lowest BCUT2D eigenvalue weighted by Gasteiger charge is -2.25. The summed E-state index contributed by atoms with van der Waals surface area (Å²) in [5.41, 5.74) is -0.545. The van der Waals surface area contributed by atoms with Crippen molar-refractivity contribution in [1.82, 2.24) is 0 Å². The van der Waals surface area contributed by atoms with Crippen molar-refractivity contribution in [1.29, 1.82) is 0 Å². The molecule has 1 nitrogen and oxygen atoms in total. The Hall–Kier alpha value is -1.01. The van der Waals surface area contributed by atoms with Crippen LogP contribution in [0.15, 0.2) is 40.2 Å². The van der Waals surface area contributed by atoms with Gasteiger partial charge < -0.3 is 5.32 Å². The van der Waals surface area contributed by atoms with Gasteiger partial charge >= 0.3 is 6.18 Å². The second kappa shape index (κ2) is 6.40. The normalized spacial score (nSPS) is 13.5. The van der Waals surface area contributed by atoms with E-state index in [1.807, 2.05) is 31.4 Å². The van der Waals surface area contributed by atoms with Gasteiger partial charge in [-0.15, -0.1) is 11.3 Å². The van der Waals surface area contributed by atoms with E-state index in [0.29, 0.717) is 4.47 Å². The first kappa shape index (κ1) is 16.4. The van der Waals surface area contributed by atoms with Crippen LogP contribution in [-0.4, -0.2) is 0 Å². The van der Waals surface area contributed by atoms with E-state index < -0.39 is 11.7 Å². The molecule has 1 N–H and O–H groups in total. The van der Waals surface area contributed by atoms with E-state index >= 15 is 0 Å². The summed E-state index contributed by atoms with van der Waals surface area (Å²) in [6.07, 6.45) is -4.39. The predicted octanol–water partition coefficient (Wildman–Crippen LogP) is 6.34. The Balaban J connectivity index is 2.38. The van der Waals surface area contributed by atoms with Gasteiger partial charge in [0.1, 0.15) is 0 Å². The van der Waals surface area contributed by atoms with Gasteiger partial charge in [-0.1, -0.05) is 35.8 Å². The standard InChI is InChI=1S/C15H15BrF3NS/c1-9(2)14(13-4-3-7-21-13)20-12-6-5-10(16)8-11(12)15(17,18)19/h3-9,14,20H,1-2H3. The van der Waals surface area contributed by atoms with Gasteiger partial charge in [0.2, 0.25) is 0 Å². The highest BCUT2D eigenvalue weighted by atomic mass is 79.9. The molecule has 0 bridgehead atoms. The number of anilines is 1. The van der Waals surface area contributed by atoms with Crippen molar-refractivity contribution in [2.45, 2.75) is 26.1 Å². The maximum Gasteiger partial charge on any atom is 0.418 e. The SMILES string of the molecule is CC(C)C(Nc1ccc(Br)cc1C(F)(F)F)c1cccs1. The van der Waals surface area contributed by atoms with Gasteiger partial charge in [-0.25, -0.2) is 0 Å². The Morgan fingerprint density at radius 2 is 1.90 bits per heavy atom. The molecule has 0 amide bonds. The van der Waals surface area contributed by atoms with Crippen LogP contribution in [0.1, 0.15) is 30.3 Å². The lowest BCUT2D eigenvalue weighted by atomic mass is 10.0. The summed E-state index contributed by atoms with van der Waals surface area (Å²) in [4.78, 5) is 1.03. The van der Waals surface area contributed by atoms with Crippen molar-refractivity contribution in [3.05, 3.63) is 50.6 Å². The molecule has 0 fully saturated rings. The van der Waals surface area contributed by atoms with Gasteiger partial charge in [-0.2, -0.15) is 13.2 Å². The molecule has 0 aliphatic carbocycles. The Morgan fingerprint density at radius 3 is 2.43 bits per heavy atom. The van der Waals surface area contributed by atoms with Crippen LogP contribution in [0.3, 0.4) is 0 Å². The molecule has 0 aliphatic rings. The molecular weight excluding hydrogens is 363 g/mol. The Labute approximate surface area is 134 Å². The lowest BCUT2D eigenvalue weighted by molar-refractivity contribution is -0.137. The zero-order valence-electron chi connectivity index (χ0n) is 11.5. The van der Waals surface area contributed by atoms with Crippen molar-refractivity contribution >= 4 is 33.0 Å². The maximum absolute atomic E-state index is 13.2. The quantitative estimate of drug-likeness (QED) is 0.655. The maximum atomic E-state index is 13.2. The highest BCUT2D eigenvalue weighted by Crippen LogP contribution is 2.39. The molecule has 1 atom stereocenters. The Morgan fingerprint density at radius 1 is 1.19 bits per heavy atom. The van der Waals surface area contributed by atoms with Crippen LogP contribution in [0.5, 0.6) is 0 Å². The third kappa shape index (κ3) is 4.01. The second-order valence-electron chi connectivity index (χ2n) is 5.07. The zero-order valence-corrected chi connectivity index (χ0v) is 13.9. The Bertz CT molecular complexity index is 593. The number of hydrogen-bond acceptors (Lipinski definition) is 2. The van der Waals surface area contributed by atoms with E-state index in [9.17, 15) is 13.2 Å². The van der Waals surface area contributed by atoms with Crippen LogP contribution >= 0.6 is 27.3 Å². The smallest absolute Gasteiger partial charge is 0.377 e. The van der Waals surface area contributed by atoms with E-state index in [0.717, 1.165) is 10.9 Å². The summed E-state index contributed by atoms with van der Waals surface area (Å²) in [6, 6.07) is 7.89. The molecule has 1 aromatic carbocycles. The first-order chi connectivity index (χ1) is 9.79. The molecule has 1 heterocycles. The van der Waals surface area contributed by atoms with Crippen LogP contribution in [0.25, 0.3) is 0 Å². The van der Waals surface area contributed by atoms with Crippen molar-refractivity contribution in [3.63, 3.8) is 0 Å². The molecule has 0 aliphatic heterocycles. The first-order valence-corrected chi connectivity index (χ1v) is 8.13. The van der Waals surface area contributed by atoms with Gasteiger partial charge in [0.25, 0.3) is 0 Å². The summed E-state index contributed by atoms with van der Waals surface area (Å²) in [5, 5.41) is 4.98. The molecule has 0 saturated heterocycles. The molecule has 2 aromatic rings. The molecule has 6 heteroatoms. The highest BCUT2D eigenvalue weighted by Gasteiger charge is 2.34. The van der Waals surface area contributed by atoms with E-state index in [4.69, 9.17) is 0 Å². The van der Waals surface area contributed by atoms with Gasteiger partial charge in [0, 0.05) is 15.0 Å². The number of nitrogens with one attached hydrogen (secondary N) is 1. The second-order valence-corrected chi connectivity index (χ2v) is 6.96. The lowest BCUT2D eigenvalue weighted by Crippen LogP contribution is -2.18. The van der Waals surface area contributed by atoms with Crippen LogP contribution in [-0.2, 0) is 6.18 Å².